The Labute approximate surface area is 119 Å². The monoisotopic (exact) mass is 269 g/mol. The normalized spacial score (nSPS) is 11.9. The molecule has 0 saturated heterocycles. The molecule has 2 rings (SSSR count). The predicted octanol–water partition coefficient (Wildman–Crippen LogP) is 2.21. The summed E-state index contributed by atoms with van der Waals surface area (Å²) >= 11 is 0. The summed E-state index contributed by atoms with van der Waals surface area (Å²) in [5.41, 5.74) is 8.68. The molecule has 0 aliphatic heterocycles. The number of amides is 1. The number of rotatable bonds is 5. The fraction of sp³-hybridized carbons (Fsp3) is 0.250. The van der Waals surface area contributed by atoms with Gasteiger partial charge in [0.2, 0.25) is 5.91 Å². The minimum Gasteiger partial charge on any atom is -0.330 e. The van der Waals surface area contributed by atoms with Crippen LogP contribution in [0, 0.1) is 5.92 Å². The van der Waals surface area contributed by atoms with E-state index in [0.29, 0.717) is 6.54 Å². The third-order valence-corrected chi connectivity index (χ3v) is 3.18. The molecule has 1 aromatic heterocycles. The highest BCUT2D eigenvalue weighted by molar-refractivity contribution is 5.92. The number of aromatic nitrogens is 1. The first-order valence-corrected chi connectivity index (χ1v) is 6.68. The van der Waals surface area contributed by atoms with Gasteiger partial charge < -0.3 is 11.1 Å². The van der Waals surface area contributed by atoms with E-state index < -0.39 is 0 Å². The number of pyridine rings is 1. The standard InChI is InChI=1S/C16H19N3O/c1-12(11-17)16(20)19-15-4-2-13(3-5-15)10-14-6-8-18-9-7-14/h2-9,12H,10-11,17H2,1H3,(H,19,20). The Hall–Kier alpha value is -2.20. The predicted molar refractivity (Wildman–Crippen MR) is 80.3 cm³/mol. The van der Waals surface area contributed by atoms with Crippen molar-refractivity contribution in [1.29, 1.82) is 0 Å². The average Bonchev–Trinajstić information content (AvgIpc) is 2.49. The summed E-state index contributed by atoms with van der Waals surface area (Å²) in [7, 11) is 0. The lowest BCUT2D eigenvalue weighted by atomic mass is 10.1. The Morgan fingerprint density at radius 3 is 2.35 bits per heavy atom. The van der Waals surface area contributed by atoms with Gasteiger partial charge in [0.1, 0.15) is 0 Å². The van der Waals surface area contributed by atoms with E-state index in [2.05, 4.69) is 10.3 Å². The maximum atomic E-state index is 11.7. The van der Waals surface area contributed by atoms with E-state index >= 15 is 0 Å². The molecule has 2 aromatic rings. The van der Waals surface area contributed by atoms with Crippen LogP contribution >= 0.6 is 0 Å². The zero-order chi connectivity index (χ0) is 14.4. The number of nitrogens with two attached hydrogens (primary N) is 1. The van der Waals surface area contributed by atoms with Crippen LogP contribution in [-0.2, 0) is 11.2 Å². The van der Waals surface area contributed by atoms with Gasteiger partial charge >= 0.3 is 0 Å². The van der Waals surface area contributed by atoms with Crippen LogP contribution in [-0.4, -0.2) is 17.4 Å². The van der Waals surface area contributed by atoms with Crippen LogP contribution in [0.15, 0.2) is 48.8 Å². The van der Waals surface area contributed by atoms with Gasteiger partial charge in [0.05, 0.1) is 0 Å². The van der Waals surface area contributed by atoms with Crippen molar-refractivity contribution in [3.63, 3.8) is 0 Å². The van der Waals surface area contributed by atoms with Gasteiger partial charge in [-0.2, -0.15) is 0 Å². The van der Waals surface area contributed by atoms with Crippen molar-refractivity contribution < 1.29 is 4.79 Å². The molecule has 20 heavy (non-hydrogen) atoms. The number of anilines is 1. The zero-order valence-electron chi connectivity index (χ0n) is 11.5. The minimum absolute atomic E-state index is 0.0469. The first kappa shape index (κ1) is 14.2. The Balaban J connectivity index is 1.98. The fourth-order valence-corrected chi connectivity index (χ4v) is 1.81. The fourth-order valence-electron chi connectivity index (χ4n) is 1.81. The molecule has 1 heterocycles. The van der Waals surface area contributed by atoms with E-state index in [-0.39, 0.29) is 11.8 Å². The Kier molecular flexibility index (Phi) is 4.85. The highest BCUT2D eigenvalue weighted by atomic mass is 16.1. The second-order valence-electron chi connectivity index (χ2n) is 4.86. The number of nitrogens with one attached hydrogen (secondary N) is 1. The van der Waals surface area contributed by atoms with Gasteiger partial charge in [0.25, 0.3) is 0 Å². The molecule has 1 atom stereocenters. The summed E-state index contributed by atoms with van der Waals surface area (Å²) in [6.45, 7) is 2.17. The largest absolute Gasteiger partial charge is 0.330 e. The second-order valence-corrected chi connectivity index (χ2v) is 4.86. The quantitative estimate of drug-likeness (QED) is 0.874. The highest BCUT2D eigenvalue weighted by Crippen LogP contribution is 2.14. The summed E-state index contributed by atoms with van der Waals surface area (Å²) in [6.07, 6.45) is 4.44. The molecule has 0 saturated carbocycles. The van der Waals surface area contributed by atoms with Gasteiger partial charge in [-0.05, 0) is 41.8 Å². The summed E-state index contributed by atoms with van der Waals surface area (Å²) < 4.78 is 0. The van der Waals surface area contributed by atoms with Crippen LogP contribution in [0.3, 0.4) is 0 Å². The molecule has 0 aliphatic rings. The van der Waals surface area contributed by atoms with E-state index in [1.807, 2.05) is 43.3 Å². The lowest BCUT2D eigenvalue weighted by molar-refractivity contribution is -0.119. The van der Waals surface area contributed by atoms with E-state index in [9.17, 15) is 4.79 Å². The SMILES string of the molecule is CC(CN)C(=O)Nc1ccc(Cc2ccncc2)cc1. The molecule has 0 bridgehead atoms. The van der Waals surface area contributed by atoms with Gasteiger partial charge in [-0.3, -0.25) is 9.78 Å². The molecule has 1 unspecified atom stereocenters. The highest BCUT2D eigenvalue weighted by Gasteiger charge is 2.10. The molecule has 3 N–H and O–H groups in total. The molecule has 1 aromatic carbocycles. The van der Waals surface area contributed by atoms with Crippen molar-refractivity contribution >= 4 is 11.6 Å². The van der Waals surface area contributed by atoms with Crippen molar-refractivity contribution in [2.24, 2.45) is 11.7 Å². The summed E-state index contributed by atoms with van der Waals surface area (Å²) in [5, 5.41) is 2.85. The van der Waals surface area contributed by atoms with Crippen LogP contribution in [0.4, 0.5) is 5.69 Å². The molecule has 104 valence electrons. The number of hydrogen-bond acceptors (Lipinski definition) is 3. The van der Waals surface area contributed by atoms with Gasteiger partial charge in [-0.25, -0.2) is 0 Å². The Morgan fingerprint density at radius 1 is 1.15 bits per heavy atom. The average molecular weight is 269 g/mol. The summed E-state index contributed by atoms with van der Waals surface area (Å²) in [6, 6.07) is 11.9. The van der Waals surface area contributed by atoms with Crippen molar-refractivity contribution in [2.45, 2.75) is 13.3 Å². The zero-order valence-corrected chi connectivity index (χ0v) is 11.5. The van der Waals surface area contributed by atoms with Crippen molar-refractivity contribution in [1.82, 2.24) is 4.98 Å². The van der Waals surface area contributed by atoms with E-state index in [4.69, 9.17) is 5.73 Å². The molecule has 0 fully saturated rings. The first-order chi connectivity index (χ1) is 9.69. The third kappa shape index (κ3) is 3.90. The summed E-state index contributed by atoms with van der Waals surface area (Å²) in [5.74, 6) is -0.221. The third-order valence-electron chi connectivity index (χ3n) is 3.18. The molecule has 0 aliphatic carbocycles. The maximum Gasteiger partial charge on any atom is 0.228 e. The van der Waals surface area contributed by atoms with E-state index in [1.165, 1.54) is 11.1 Å². The molecular weight excluding hydrogens is 250 g/mol. The number of nitrogens with zero attached hydrogens (tertiary/aromatic N) is 1. The van der Waals surface area contributed by atoms with E-state index in [1.54, 1.807) is 12.4 Å². The Morgan fingerprint density at radius 2 is 1.75 bits per heavy atom. The molecular formula is C16H19N3O. The first-order valence-electron chi connectivity index (χ1n) is 6.68. The van der Waals surface area contributed by atoms with Crippen LogP contribution < -0.4 is 11.1 Å². The van der Waals surface area contributed by atoms with Crippen molar-refractivity contribution in [3.05, 3.63) is 59.9 Å². The van der Waals surface area contributed by atoms with Crippen LogP contribution in [0.25, 0.3) is 0 Å². The number of carbonyl (C=O) groups excluding carboxylic acids is 1. The molecule has 0 spiro atoms. The number of carbonyl (C=O) groups is 1. The molecule has 4 nitrogen and oxygen atoms in total. The van der Waals surface area contributed by atoms with Crippen LogP contribution in [0.1, 0.15) is 18.1 Å². The van der Waals surface area contributed by atoms with Crippen molar-refractivity contribution in [3.8, 4) is 0 Å². The minimum atomic E-state index is -0.175. The second kappa shape index (κ2) is 6.82. The molecule has 0 radical (unpaired) electrons. The molecule has 4 heteroatoms. The van der Waals surface area contributed by atoms with Gasteiger partial charge in [0, 0.05) is 30.5 Å². The smallest absolute Gasteiger partial charge is 0.228 e. The number of benzene rings is 1. The number of hydrogen-bond donors (Lipinski definition) is 2. The lowest BCUT2D eigenvalue weighted by Gasteiger charge is -2.10. The Bertz CT molecular complexity index is 552. The lowest BCUT2D eigenvalue weighted by Crippen LogP contribution is -2.26. The van der Waals surface area contributed by atoms with E-state index in [0.717, 1.165) is 12.1 Å². The topological polar surface area (TPSA) is 68.0 Å². The van der Waals surface area contributed by atoms with Crippen LogP contribution in [0.5, 0.6) is 0 Å². The molecule has 1 amide bonds. The van der Waals surface area contributed by atoms with Gasteiger partial charge in [0.15, 0.2) is 0 Å². The van der Waals surface area contributed by atoms with Gasteiger partial charge in [-0.15, -0.1) is 0 Å². The maximum absolute atomic E-state index is 11.7. The summed E-state index contributed by atoms with van der Waals surface area (Å²) in [4.78, 5) is 15.7. The van der Waals surface area contributed by atoms with Crippen molar-refractivity contribution in [2.75, 3.05) is 11.9 Å². The van der Waals surface area contributed by atoms with Gasteiger partial charge in [-0.1, -0.05) is 19.1 Å². The van der Waals surface area contributed by atoms with Crippen LogP contribution in [0.2, 0.25) is 0 Å².